The second-order valence-electron chi connectivity index (χ2n) is 3.43. The van der Waals surface area contributed by atoms with E-state index in [9.17, 15) is 0 Å². The van der Waals surface area contributed by atoms with Crippen LogP contribution >= 0.6 is 34.7 Å². The van der Waals surface area contributed by atoms with E-state index in [4.69, 9.17) is 11.6 Å². The fourth-order valence-corrected chi connectivity index (χ4v) is 4.25. The molecule has 1 atom stereocenters. The molecule has 1 saturated heterocycles. The summed E-state index contributed by atoms with van der Waals surface area (Å²) in [7, 11) is 0. The first-order valence-corrected chi connectivity index (χ1v) is 7.04. The Morgan fingerprint density at radius 2 is 2.33 bits per heavy atom. The van der Waals surface area contributed by atoms with E-state index in [2.05, 4.69) is 15.0 Å². The maximum atomic E-state index is 5.96. The number of thiazole rings is 1. The maximum absolute atomic E-state index is 5.96. The third kappa shape index (κ3) is 1.73. The van der Waals surface area contributed by atoms with E-state index in [-0.39, 0.29) is 0 Å². The number of hydrogen-bond donors (Lipinski definition) is 0. The minimum atomic E-state index is 0.466. The summed E-state index contributed by atoms with van der Waals surface area (Å²) >= 11 is 9.60. The van der Waals surface area contributed by atoms with E-state index in [1.165, 1.54) is 24.3 Å². The molecule has 0 aromatic carbocycles. The highest BCUT2D eigenvalue weighted by molar-refractivity contribution is 7.99. The van der Waals surface area contributed by atoms with Gasteiger partial charge in [0.15, 0.2) is 5.15 Å². The standard InChI is InChI=1S/C9H8ClN3S2/c10-7-6-9(12-4-11-7)15-8(13-6)5-1-2-14-3-5/h4-5H,1-3H2. The highest BCUT2D eigenvalue weighted by atomic mass is 35.5. The van der Waals surface area contributed by atoms with Crippen LogP contribution in [0.15, 0.2) is 6.33 Å². The van der Waals surface area contributed by atoms with Crippen LogP contribution in [-0.4, -0.2) is 26.5 Å². The summed E-state index contributed by atoms with van der Waals surface area (Å²) in [6.45, 7) is 0. The van der Waals surface area contributed by atoms with Gasteiger partial charge in [-0.1, -0.05) is 22.9 Å². The molecule has 3 nitrogen and oxygen atoms in total. The van der Waals surface area contributed by atoms with Crippen molar-refractivity contribution < 1.29 is 0 Å². The Morgan fingerprint density at radius 3 is 3.07 bits per heavy atom. The molecule has 6 heteroatoms. The average Bonchev–Trinajstić information content (AvgIpc) is 2.86. The molecule has 0 N–H and O–H groups in total. The summed E-state index contributed by atoms with van der Waals surface area (Å²) in [6, 6.07) is 0. The topological polar surface area (TPSA) is 38.7 Å². The third-order valence-corrected chi connectivity index (χ3v) is 5.01. The van der Waals surface area contributed by atoms with E-state index in [0.717, 1.165) is 15.4 Å². The molecule has 0 saturated carbocycles. The van der Waals surface area contributed by atoms with E-state index in [0.29, 0.717) is 11.1 Å². The molecule has 1 aliphatic heterocycles. The summed E-state index contributed by atoms with van der Waals surface area (Å²) in [6.07, 6.45) is 2.71. The summed E-state index contributed by atoms with van der Waals surface area (Å²) in [5.74, 6) is 3.00. The van der Waals surface area contributed by atoms with Crippen molar-refractivity contribution in [3.8, 4) is 0 Å². The van der Waals surface area contributed by atoms with Gasteiger partial charge in [0.1, 0.15) is 16.7 Å². The number of aromatic nitrogens is 3. The fraction of sp³-hybridized carbons (Fsp3) is 0.444. The molecule has 0 aliphatic carbocycles. The number of nitrogens with zero attached hydrogens (tertiary/aromatic N) is 3. The molecule has 3 rings (SSSR count). The van der Waals surface area contributed by atoms with Crippen LogP contribution in [0, 0.1) is 0 Å². The fourth-order valence-electron chi connectivity index (χ4n) is 1.65. The van der Waals surface area contributed by atoms with Crippen molar-refractivity contribution >= 4 is 45.0 Å². The molecule has 0 amide bonds. The normalized spacial score (nSPS) is 21.3. The molecule has 1 fully saturated rings. The maximum Gasteiger partial charge on any atom is 0.159 e. The second-order valence-corrected chi connectivity index (χ2v) is 5.95. The van der Waals surface area contributed by atoms with Gasteiger partial charge in [-0.2, -0.15) is 11.8 Å². The van der Waals surface area contributed by atoms with Gasteiger partial charge in [-0.05, 0) is 12.2 Å². The van der Waals surface area contributed by atoms with Crippen LogP contribution in [0.2, 0.25) is 5.15 Å². The van der Waals surface area contributed by atoms with Gasteiger partial charge in [-0.15, -0.1) is 0 Å². The lowest BCUT2D eigenvalue weighted by Gasteiger charge is -2.00. The summed E-state index contributed by atoms with van der Waals surface area (Å²) in [5.41, 5.74) is 0.760. The lowest BCUT2D eigenvalue weighted by atomic mass is 10.1. The highest BCUT2D eigenvalue weighted by Gasteiger charge is 2.22. The minimum Gasteiger partial charge on any atom is -0.236 e. The van der Waals surface area contributed by atoms with E-state index >= 15 is 0 Å². The van der Waals surface area contributed by atoms with E-state index in [1.54, 1.807) is 11.3 Å². The van der Waals surface area contributed by atoms with Crippen molar-refractivity contribution in [1.82, 2.24) is 15.0 Å². The van der Waals surface area contributed by atoms with Crippen LogP contribution in [-0.2, 0) is 0 Å². The first kappa shape index (κ1) is 9.81. The van der Waals surface area contributed by atoms with Crippen LogP contribution in [0.1, 0.15) is 17.3 Å². The van der Waals surface area contributed by atoms with E-state index in [1.807, 2.05) is 11.8 Å². The first-order chi connectivity index (χ1) is 7.34. The van der Waals surface area contributed by atoms with Gasteiger partial charge in [0.25, 0.3) is 0 Å². The Balaban J connectivity index is 2.09. The number of rotatable bonds is 1. The zero-order valence-electron chi connectivity index (χ0n) is 7.81. The molecule has 2 aromatic rings. The van der Waals surface area contributed by atoms with Gasteiger partial charge < -0.3 is 0 Å². The van der Waals surface area contributed by atoms with Gasteiger partial charge in [0.05, 0.1) is 5.01 Å². The molecule has 78 valence electrons. The highest BCUT2D eigenvalue weighted by Crippen LogP contribution is 2.36. The molecule has 0 radical (unpaired) electrons. The van der Waals surface area contributed by atoms with Crippen molar-refractivity contribution in [2.45, 2.75) is 12.3 Å². The Kier molecular flexibility index (Phi) is 2.54. The lowest BCUT2D eigenvalue weighted by Crippen LogP contribution is -1.94. The quantitative estimate of drug-likeness (QED) is 0.737. The van der Waals surface area contributed by atoms with Crippen molar-refractivity contribution in [2.75, 3.05) is 11.5 Å². The number of halogens is 1. The average molecular weight is 258 g/mol. The van der Waals surface area contributed by atoms with Crippen molar-refractivity contribution in [3.63, 3.8) is 0 Å². The molecule has 2 aromatic heterocycles. The van der Waals surface area contributed by atoms with Crippen molar-refractivity contribution in [1.29, 1.82) is 0 Å². The molecule has 0 bridgehead atoms. The lowest BCUT2D eigenvalue weighted by molar-refractivity contribution is 0.776. The number of fused-ring (bicyclic) bond motifs is 1. The van der Waals surface area contributed by atoms with Gasteiger partial charge in [0, 0.05) is 11.7 Å². The summed E-state index contributed by atoms with van der Waals surface area (Å²) in [5, 5.41) is 1.63. The summed E-state index contributed by atoms with van der Waals surface area (Å²) in [4.78, 5) is 13.6. The monoisotopic (exact) mass is 257 g/mol. The van der Waals surface area contributed by atoms with Gasteiger partial charge in [0.2, 0.25) is 0 Å². The van der Waals surface area contributed by atoms with E-state index < -0.39 is 0 Å². The zero-order chi connectivity index (χ0) is 10.3. The van der Waals surface area contributed by atoms with Crippen LogP contribution in [0.5, 0.6) is 0 Å². The Hall–Kier alpha value is -0.390. The molecule has 15 heavy (non-hydrogen) atoms. The molecule has 1 aliphatic rings. The largest absolute Gasteiger partial charge is 0.236 e. The molecule has 3 heterocycles. The zero-order valence-corrected chi connectivity index (χ0v) is 10.2. The molecular weight excluding hydrogens is 250 g/mol. The van der Waals surface area contributed by atoms with Crippen LogP contribution in [0.4, 0.5) is 0 Å². The van der Waals surface area contributed by atoms with Crippen LogP contribution in [0.25, 0.3) is 10.3 Å². The van der Waals surface area contributed by atoms with Crippen molar-refractivity contribution in [3.05, 3.63) is 16.5 Å². The summed E-state index contributed by atoms with van der Waals surface area (Å²) < 4.78 is 0. The smallest absolute Gasteiger partial charge is 0.159 e. The SMILES string of the molecule is Clc1ncnc2sc(C3CCSC3)nc12. The molecule has 0 spiro atoms. The Morgan fingerprint density at radius 1 is 1.40 bits per heavy atom. The predicted octanol–water partition coefficient (Wildman–Crippen LogP) is 2.96. The third-order valence-electron chi connectivity index (χ3n) is 2.45. The van der Waals surface area contributed by atoms with Gasteiger partial charge in [-0.3, -0.25) is 0 Å². The first-order valence-electron chi connectivity index (χ1n) is 4.69. The van der Waals surface area contributed by atoms with Gasteiger partial charge in [-0.25, -0.2) is 15.0 Å². The molecule has 1 unspecified atom stereocenters. The van der Waals surface area contributed by atoms with Gasteiger partial charge >= 0.3 is 0 Å². The number of hydrogen-bond acceptors (Lipinski definition) is 5. The minimum absolute atomic E-state index is 0.466. The van der Waals surface area contributed by atoms with Crippen LogP contribution in [0.3, 0.4) is 0 Å². The molecular formula is C9H8ClN3S2. The van der Waals surface area contributed by atoms with Crippen LogP contribution < -0.4 is 0 Å². The number of thioether (sulfide) groups is 1. The predicted molar refractivity (Wildman–Crippen MR) is 64.9 cm³/mol. The Labute approximate surface area is 100 Å². The Bertz CT molecular complexity index is 493. The van der Waals surface area contributed by atoms with Crippen molar-refractivity contribution in [2.24, 2.45) is 0 Å². The second kappa shape index (κ2) is 3.88.